The topological polar surface area (TPSA) is 80.3 Å². The van der Waals surface area contributed by atoms with Gasteiger partial charge in [-0.1, -0.05) is 140 Å². The van der Waals surface area contributed by atoms with E-state index in [-0.39, 0.29) is 23.7 Å². The molecule has 1 saturated heterocycles. The molecule has 260 valence electrons. The maximum absolute atomic E-state index is 13.5. The molecule has 0 bridgehead atoms. The smallest absolute Gasteiger partial charge is 0.178 e. The average molecular weight is 693 g/mol. The van der Waals surface area contributed by atoms with Crippen LogP contribution in [0.4, 0.5) is 0 Å². The van der Waals surface area contributed by atoms with Gasteiger partial charge in [0.25, 0.3) is 0 Å². The number of ether oxygens (including phenoxy) is 5. The zero-order valence-electron chi connectivity index (χ0n) is 28.0. The highest BCUT2D eigenvalue weighted by molar-refractivity contribution is 7.91. The molecule has 7 nitrogen and oxygen atoms in total. The lowest BCUT2D eigenvalue weighted by atomic mass is 9.92. The fourth-order valence-electron chi connectivity index (χ4n) is 6.13. The van der Waals surface area contributed by atoms with Crippen LogP contribution in [-0.2, 0) is 59.9 Å². The molecule has 5 aromatic carbocycles. The van der Waals surface area contributed by atoms with E-state index >= 15 is 0 Å². The van der Waals surface area contributed by atoms with Gasteiger partial charge in [0.05, 0.1) is 49.8 Å². The zero-order valence-corrected chi connectivity index (χ0v) is 28.9. The predicted molar refractivity (Wildman–Crippen MR) is 193 cm³/mol. The number of hydrogen-bond acceptors (Lipinski definition) is 7. The Balaban J connectivity index is 1.31. The number of hydrogen-bond donors (Lipinski definition) is 0. The standard InChI is InChI=1S/C42H44O7S/c43-50(44,37-24-14-5-15-25-37)27-26-38-40(46-29-34-18-8-2-9-19-34)42(48-31-36-22-12-4-13-23-36)41(47-30-35-20-10-3-11-21-35)39(49-38)32-45-28-33-16-6-1-7-17-33/h1-25,38-42H,26-32H2/t38-,39-,40+,41-,42-/m1/s1. The Morgan fingerprint density at radius 1 is 0.460 bits per heavy atom. The third-order valence-corrected chi connectivity index (χ3v) is 10.5. The molecule has 0 N–H and O–H groups in total. The van der Waals surface area contributed by atoms with Crippen molar-refractivity contribution in [1.82, 2.24) is 0 Å². The Morgan fingerprint density at radius 3 is 1.30 bits per heavy atom. The summed E-state index contributed by atoms with van der Waals surface area (Å²) in [7, 11) is -3.59. The van der Waals surface area contributed by atoms with E-state index in [1.54, 1.807) is 30.3 Å². The van der Waals surface area contributed by atoms with Gasteiger partial charge in [-0.25, -0.2) is 8.42 Å². The van der Waals surface area contributed by atoms with Crippen LogP contribution >= 0.6 is 0 Å². The molecule has 0 unspecified atom stereocenters. The van der Waals surface area contributed by atoms with Gasteiger partial charge < -0.3 is 23.7 Å². The van der Waals surface area contributed by atoms with Gasteiger partial charge in [0.2, 0.25) is 0 Å². The van der Waals surface area contributed by atoms with E-state index in [1.165, 1.54) is 0 Å². The molecule has 6 rings (SSSR count). The van der Waals surface area contributed by atoms with Crippen LogP contribution in [0, 0.1) is 0 Å². The minimum Gasteiger partial charge on any atom is -0.374 e. The summed E-state index contributed by atoms with van der Waals surface area (Å²) >= 11 is 0. The van der Waals surface area contributed by atoms with Crippen LogP contribution < -0.4 is 0 Å². The minimum absolute atomic E-state index is 0.120. The van der Waals surface area contributed by atoms with Crippen molar-refractivity contribution >= 4 is 9.84 Å². The Hall–Kier alpha value is -4.15. The monoisotopic (exact) mass is 692 g/mol. The molecule has 1 fully saturated rings. The van der Waals surface area contributed by atoms with Crippen LogP contribution in [0.1, 0.15) is 28.7 Å². The lowest BCUT2D eigenvalue weighted by Gasteiger charge is -2.46. The predicted octanol–water partition coefficient (Wildman–Crippen LogP) is 7.59. The molecule has 1 aliphatic heterocycles. The highest BCUT2D eigenvalue weighted by Crippen LogP contribution is 2.33. The van der Waals surface area contributed by atoms with Crippen LogP contribution in [0.5, 0.6) is 0 Å². The molecule has 0 radical (unpaired) electrons. The average Bonchev–Trinajstić information content (AvgIpc) is 3.17. The van der Waals surface area contributed by atoms with Crippen molar-refractivity contribution in [3.8, 4) is 0 Å². The molecule has 50 heavy (non-hydrogen) atoms. The van der Waals surface area contributed by atoms with Gasteiger partial charge in [-0.15, -0.1) is 0 Å². The van der Waals surface area contributed by atoms with Crippen molar-refractivity contribution in [3.05, 3.63) is 174 Å². The van der Waals surface area contributed by atoms with Crippen molar-refractivity contribution in [2.45, 2.75) is 68.3 Å². The van der Waals surface area contributed by atoms with Crippen LogP contribution in [0.2, 0.25) is 0 Å². The quantitative estimate of drug-likeness (QED) is 0.0994. The lowest BCUT2D eigenvalue weighted by Crippen LogP contribution is -2.61. The van der Waals surface area contributed by atoms with E-state index in [1.807, 2.05) is 121 Å². The van der Waals surface area contributed by atoms with E-state index < -0.39 is 40.4 Å². The van der Waals surface area contributed by atoms with Crippen molar-refractivity contribution in [2.24, 2.45) is 0 Å². The first kappa shape index (κ1) is 35.7. The van der Waals surface area contributed by atoms with Gasteiger partial charge in [0.15, 0.2) is 9.84 Å². The maximum Gasteiger partial charge on any atom is 0.178 e. The first-order chi connectivity index (χ1) is 24.5. The summed E-state index contributed by atoms with van der Waals surface area (Å²) in [5.41, 5.74) is 4.04. The molecule has 0 aliphatic carbocycles. The van der Waals surface area contributed by atoms with E-state index in [2.05, 4.69) is 0 Å². The van der Waals surface area contributed by atoms with E-state index in [0.717, 1.165) is 22.3 Å². The molecule has 5 atom stereocenters. The molecular weight excluding hydrogens is 649 g/mol. The summed E-state index contributed by atoms with van der Waals surface area (Å²) in [6, 6.07) is 48.3. The summed E-state index contributed by atoms with van der Waals surface area (Å²) in [6.45, 7) is 1.54. The number of benzene rings is 5. The Labute approximate surface area is 295 Å². The molecular formula is C42H44O7S. The largest absolute Gasteiger partial charge is 0.374 e. The second-order valence-corrected chi connectivity index (χ2v) is 14.5. The van der Waals surface area contributed by atoms with Crippen molar-refractivity contribution in [3.63, 3.8) is 0 Å². The third-order valence-electron chi connectivity index (χ3n) is 8.75. The summed E-state index contributed by atoms with van der Waals surface area (Å²) < 4.78 is 60.3. The summed E-state index contributed by atoms with van der Waals surface area (Å²) in [6.07, 6.45) is -2.83. The normalized spacial score (nSPS) is 20.8. The van der Waals surface area contributed by atoms with E-state index in [0.29, 0.717) is 26.4 Å². The molecule has 1 aliphatic rings. The molecule has 5 aromatic rings. The molecule has 0 amide bonds. The Kier molecular flexibility index (Phi) is 13.0. The van der Waals surface area contributed by atoms with Gasteiger partial charge in [-0.3, -0.25) is 0 Å². The second-order valence-electron chi connectivity index (χ2n) is 12.4. The van der Waals surface area contributed by atoms with Crippen LogP contribution in [0.25, 0.3) is 0 Å². The summed E-state index contributed by atoms with van der Waals surface area (Å²) in [5, 5.41) is 0. The van der Waals surface area contributed by atoms with Crippen molar-refractivity contribution in [1.29, 1.82) is 0 Å². The van der Waals surface area contributed by atoms with Crippen molar-refractivity contribution < 1.29 is 32.1 Å². The van der Waals surface area contributed by atoms with Gasteiger partial charge >= 0.3 is 0 Å². The van der Waals surface area contributed by atoms with Crippen LogP contribution in [-0.4, -0.2) is 51.3 Å². The minimum atomic E-state index is -3.59. The SMILES string of the molecule is O=S(=O)(CC[C@H]1O[C@H](COCc2ccccc2)[C@@H](OCc2ccccc2)[C@H](OCc2ccccc2)[C@H]1OCc1ccccc1)c1ccccc1. The summed E-state index contributed by atoms with van der Waals surface area (Å²) in [5.74, 6) is -0.120. The molecule has 0 aromatic heterocycles. The first-order valence-corrected chi connectivity index (χ1v) is 18.7. The van der Waals surface area contributed by atoms with E-state index in [4.69, 9.17) is 23.7 Å². The third kappa shape index (κ3) is 10.2. The lowest BCUT2D eigenvalue weighted by molar-refractivity contribution is -0.272. The van der Waals surface area contributed by atoms with Crippen LogP contribution in [0.15, 0.2) is 157 Å². The van der Waals surface area contributed by atoms with Gasteiger partial charge in [0, 0.05) is 0 Å². The maximum atomic E-state index is 13.5. The van der Waals surface area contributed by atoms with Crippen molar-refractivity contribution in [2.75, 3.05) is 12.4 Å². The number of sulfone groups is 1. The first-order valence-electron chi connectivity index (χ1n) is 17.1. The fourth-order valence-corrected chi connectivity index (χ4v) is 7.48. The fraction of sp³-hybridized carbons (Fsp3) is 0.286. The molecule has 1 heterocycles. The highest BCUT2D eigenvalue weighted by Gasteiger charge is 2.48. The molecule has 0 saturated carbocycles. The van der Waals surface area contributed by atoms with E-state index in [9.17, 15) is 8.42 Å². The zero-order chi connectivity index (χ0) is 34.4. The van der Waals surface area contributed by atoms with Gasteiger partial charge in [-0.2, -0.15) is 0 Å². The summed E-state index contributed by atoms with van der Waals surface area (Å²) in [4.78, 5) is 0.279. The van der Waals surface area contributed by atoms with Gasteiger partial charge in [0.1, 0.15) is 24.4 Å². The van der Waals surface area contributed by atoms with Gasteiger partial charge in [-0.05, 0) is 40.8 Å². The Bertz CT molecular complexity index is 1790. The van der Waals surface area contributed by atoms with Crippen LogP contribution in [0.3, 0.4) is 0 Å². The second kappa shape index (κ2) is 18.2. The molecule has 0 spiro atoms. The Morgan fingerprint density at radius 2 is 0.840 bits per heavy atom. The highest BCUT2D eigenvalue weighted by atomic mass is 32.2. The molecule has 8 heteroatoms. The number of rotatable bonds is 17.